The smallest absolute Gasteiger partial charge is 0.266 e. The van der Waals surface area contributed by atoms with Crippen molar-refractivity contribution in [3.05, 3.63) is 94.8 Å². The van der Waals surface area contributed by atoms with Crippen molar-refractivity contribution in [2.75, 3.05) is 38.1 Å². The second-order valence-corrected chi connectivity index (χ2v) is 9.40. The van der Waals surface area contributed by atoms with Gasteiger partial charge in [-0.15, -0.1) is 0 Å². The zero-order valence-electron chi connectivity index (χ0n) is 20.1. The van der Waals surface area contributed by atoms with Gasteiger partial charge in [-0.1, -0.05) is 6.07 Å². The molecule has 0 radical (unpaired) electrons. The summed E-state index contributed by atoms with van der Waals surface area (Å²) in [7, 11) is 2.15. The highest BCUT2D eigenvalue weighted by atomic mass is 19.1. The molecule has 3 aromatic heterocycles. The highest BCUT2D eigenvalue weighted by molar-refractivity contribution is 5.83. The van der Waals surface area contributed by atoms with Crippen LogP contribution in [-0.4, -0.2) is 57.5 Å². The molecule has 0 spiro atoms. The summed E-state index contributed by atoms with van der Waals surface area (Å²) in [4.78, 5) is 21.9. The molecule has 4 heterocycles. The van der Waals surface area contributed by atoms with Gasteiger partial charge < -0.3 is 9.80 Å². The number of fused-ring (bicyclic) bond motifs is 2. The van der Waals surface area contributed by atoms with Gasteiger partial charge in [0.2, 0.25) is 0 Å². The largest absolute Gasteiger partial charge is 0.368 e. The number of piperazine rings is 1. The van der Waals surface area contributed by atoms with Crippen molar-refractivity contribution >= 4 is 27.5 Å². The number of pyridine rings is 1. The van der Waals surface area contributed by atoms with Crippen molar-refractivity contribution in [1.82, 2.24) is 24.2 Å². The highest BCUT2D eigenvalue weighted by Gasteiger charge is 2.15. The summed E-state index contributed by atoms with van der Waals surface area (Å²) in [6.07, 6.45) is 4.46. The maximum atomic E-state index is 13.8. The van der Waals surface area contributed by atoms with Crippen LogP contribution in [0.2, 0.25) is 0 Å². The number of aromatic nitrogens is 4. The van der Waals surface area contributed by atoms with Crippen LogP contribution in [0.4, 0.5) is 10.1 Å². The molecule has 7 nitrogen and oxygen atoms in total. The van der Waals surface area contributed by atoms with Crippen molar-refractivity contribution in [2.45, 2.75) is 13.0 Å². The predicted molar refractivity (Wildman–Crippen MR) is 140 cm³/mol. The standard InChI is InChI=1S/C28H27FN6O/c1-32-12-14-33(15-13-32)24-17-22-16-20(2-5-25(22)30-19-24)8-11-35-28(36)7-6-27(31-35)34-10-9-21-3-4-23(29)18-26(21)34/h2-7,9-10,16-19H,8,11-15H2,1H3. The minimum atomic E-state index is -0.308. The monoisotopic (exact) mass is 482 g/mol. The SMILES string of the molecule is CN1CCN(c2cnc3ccc(CCn4nc(-n5ccc6ccc(F)cc65)ccc4=O)cc3c2)CC1. The zero-order valence-corrected chi connectivity index (χ0v) is 20.1. The lowest BCUT2D eigenvalue weighted by molar-refractivity contribution is 0.313. The van der Waals surface area contributed by atoms with Gasteiger partial charge in [0.1, 0.15) is 5.82 Å². The number of aryl methyl sites for hydroxylation is 2. The number of likely N-dealkylation sites (N-methyl/N-ethyl adjacent to an activating group) is 1. The Morgan fingerprint density at radius 3 is 2.64 bits per heavy atom. The zero-order chi connectivity index (χ0) is 24.6. The van der Waals surface area contributed by atoms with E-state index in [-0.39, 0.29) is 11.4 Å². The molecule has 0 N–H and O–H groups in total. The fourth-order valence-electron chi connectivity index (χ4n) is 4.83. The second kappa shape index (κ2) is 9.20. The molecule has 0 amide bonds. The Morgan fingerprint density at radius 2 is 1.78 bits per heavy atom. The molecule has 1 aliphatic heterocycles. The normalized spacial score (nSPS) is 14.7. The van der Waals surface area contributed by atoms with E-state index in [1.165, 1.54) is 22.9 Å². The van der Waals surface area contributed by atoms with E-state index in [1.807, 2.05) is 24.5 Å². The molecule has 6 rings (SSSR count). The van der Waals surface area contributed by atoms with Crippen molar-refractivity contribution in [3.8, 4) is 5.82 Å². The molecule has 8 heteroatoms. The summed E-state index contributed by atoms with van der Waals surface area (Å²) in [6.45, 7) is 4.53. The lowest BCUT2D eigenvalue weighted by Gasteiger charge is -2.33. The topological polar surface area (TPSA) is 59.2 Å². The Kier molecular flexibility index (Phi) is 5.73. The first-order valence-corrected chi connectivity index (χ1v) is 12.2. The average Bonchev–Trinajstić information content (AvgIpc) is 3.31. The molecule has 0 atom stereocenters. The highest BCUT2D eigenvalue weighted by Crippen LogP contribution is 2.23. The summed E-state index contributed by atoms with van der Waals surface area (Å²) >= 11 is 0. The van der Waals surface area contributed by atoms with E-state index in [0.717, 1.165) is 53.7 Å². The predicted octanol–water partition coefficient (Wildman–Crippen LogP) is 3.87. The van der Waals surface area contributed by atoms with E-state index < -0.39 is 0 Å². The maximum Gasteiger partial charge on any atom is 0.266 e. The molecular formula is C28H27FN6O. The third-order valence-corrected chi connectivity index (χ3v) is 6.97. The van der Waals surface area contributed by atoms with E-state index >= 15 is 0 Å². The second-order valence-electron chi connectivity index (χ2n) is 9.40. The molecule has 36 heavy (non-hydrogen) atoms. The quantitative estimate of drug-likeness (QED) is 0.381. The van der Waals surface area contributed by atoms with Crippen LogP contribution in [0.15, 0.2) is 77.9 Å². The lowest BCUT2D eigenvalue weighted by atomic mass is 10.1. The number of nitrogens with zero attached hydrogens (tertiary/aromatic N) is 6. The summed E-state index contributed by atoms with van der Waals surface area (Å²) in [5.74, 6) is 0.270. The molecule has 0 bridgehead atoms. The molecule has 1 fully saturated rings. The van der Waals surface area contributed by atoms with E-state index in [4.69, 9.17) is 0 Å². The van der Waals surface area contributed by atoms with Gasteiger partial charge in [-0.2, -0.15) is 5.10 Å². The summed E-state index contributed by atoms with van der Waals surface area (Å²) in [5.41, 5.74) is 3.77. The first-order chi connectivity index (χ1) is 17.5. The maximum absolute atomic E-state index is 13.8. The Balaban J connectivity index is 1.24. The van der Waals surface area contributed by atoms with Crippen molar-refractivity contribution in [1.29, 1.82) is 0 Å². The minimum absolute atomic E-state index is 0.166. The molecule has 1 saturated heterocycles. The number of hydrogen-bond acceptors (Lipinski definition) is 5. The van der Waals surface area contributed by atoms with Gasteiger partial charge >= 0.3 is 0 Å². The van der Waals surface area contributed by atoms with E-state index in [9.17, 15) is 9.18 Å². The van der Waals surface area contributed by atoms with Crippen molar-refractivity contribution in [3.63, 3.8) is 0 Å². The molecule has 0 saturated carbocycles. The van der Waals surface area contributed by atoms with Crippen LogP contribution in [0.3, 0.4) is 0 Å². The van der Waals surface area contributed by atoms with Gasteiger partial charge in [0.25, 0.3) is 5.56 Å². The van der Waals surface area contributed by atoms with Gasteiger partial charge in [-0.25, -0.2) is 9.07 Å². The van der Waals surface area contributed by atoms with Gasteiger partial charge in [0.05, 0.1) is 22.9 Å². The van der Waals surface area contributed by atoms with Crippen LogP contribution in [0.25, 0.3) is 27.6 Å². The van der Waals surface area contributed by atoms with Crippen LogP contribution >= 0.6 is 0 Å². The number of hydrogen-bond donors (Lipinski definition) is 0. The first-order valence-electron chi connectivity index (χ1n) is 12.2. The number of halogens is 1. The van der Waals surface area contributed by atoms with Gasteiger partial charge in [0.15, 0.2) is 5.82 Å². The first kappa shape index (κ1) is 22.4. The number of benzene rings is 2. The minimum Gasteiger partial charge on any atom is -0.368 e. The van der Waals surface area contributed by atoms with Gasteiger partial charge in [-0.05, 0) is 67.6 Å². The summed E-state index contributed by atoms with van der Waals surface area (Å²) in [6, 6.07) is 18.2. The van der Waals surface area contributed by atoms with Crippen LogP contribution in [-0.2, 0) is 13.0 Å². The van der Waals surface area contributed by atoms with E-state index in [1.54, 1.807) is 16.7 Å². The fourth-order valence-corrected chi connectivity index (χ4v) is 4.83. The van der Waals surface area contributed by atoms with Crippen molar-refractivity contribution < 1.29 is 4.39 Å². The van der Waals surface area contributed by atoms with Crippen molar-refractivity contribution in [2.24, 2.45) is 0 Å². The molecule has 0 aliphatic carbocycles. The van der Waals surface area contributed by atoms with Gasteiger partial charge in [-0.3, -0.25) is 14.3 Å². The molecule has 5 aromatic rings. The van der Waals surface area contributed by atoms with Crippen LogP contribution in [0.1, 0.15) is 5.56 Å². The lowest BCUT2D eigenvalue weighted by Crippen LogP contribution is -2.44. The summed E-state index contributed by atoms with van der Waals surface area (Å²) < 4.78 is 17.1. The number of rotatable bonds is 5. The molecule has 182 valence electrons. The molecule has 1 aliphatic rings. The van der Waals surface area contributed by atoms with Crippen LogP contribution < -0.4 is 10.5 Å². The molecule has 2 aromatic carbocycles. The Bertz CT molecular complexity index is 1620. The average molecular weight is 483 g/mol. The van der Waals surface area contributed by atoms with Crippen LogP contribution in [0.5, 0.6) is 0 Å². The van der Waals surface area contributed by atoms with Gasteiger partial charge in [0, 0.05) is 55.8 Å². The Morgan fingerprint density at radius 1 is 0.917 bits per heavy atom. The molecule has 0 unspecified atom stereocenters. The Labute approximate surface area is 208 Å². The number of anilines is 1. The molecular weight excluding hydrogens is 455 g/mol. The van der Waals surface area contributed by atoms with E-state index in [0.29, 0.717) is 24.3 Å². The third-order valence-electron chi connectivity index (χ3n) is 6.97. The van der Waals surface area contributed by atoms with Crippen LogP contribution in [0, 0.1) is 5.82 Å². The Hall–Kier alpha value is -4.04. The van der Waals surface area contributed by atoms with E-state index in [2.05, 4.69) is 45.1 Å². The summed E-state index contributed by atoms with van der Waals surface area (Å²) in [5, 5.41) is 6.58. The fraction of sp³-hybridized carbons (Fsp3) is 0.250. The third kappa shape index (κ3) is 4.35.